The summed E-state index contributed by atoms with van der Waals surface area (Å²) in [6.07, 6.45) is 0. The topological polar surface area (TPSA) is 46.2 Å². The average Bonchev–Trinajstić information content (AvgIpc) is 2.25. The average molecular weight is 355 g/mol. The van der Waals surface area contributed by atoms with Crippen LogP contribution in [0.25, 0.3) is 0 Å². The number of hydrogen-bond donors (Lipinski definition) is 1. The van der Waals surface area contributed by atoms with Crippen molar-refractivity contribution < 1.29 is 8.42 Å². The maximum Gasteiger partial charge on any atom is 0.152 e. The molecule has 1 aromatic carbocycles. The van der Waals surface area contributed by atoms with Gasteiger partial charge in [-0.25, -0.2) is 8.42 Å². The molecular weight excluding hydrogens is 338 g/mol. The number of halogens is 2. The standard InChI is InChI=1S/C12H17BrClNO2S/c1-4-18(16,17)7-9(3)15-12-6-11(14)8(2)5-10(12)13/h5-6,9,15H,4,7H2,1-3H3. The van der Waals surface area contributed by atoms with E-state index in [-0.39, 0.29) is 17.5 Å². The van der Waals surface area contributed by atoms with E-state index in [0.29, 0.717) is 5.02 Å². The van der Waals surface area contributed by atoms with E-state index in [9.17, 15) is 8.42 Å². The van der Waals surface area contributed by atoms with Gasteiger partial charge in [-0.15, -0.1) is 0 Å². The van der Waals surface area contributed by atoms with Gasteiger partial charge in [-0.2, -0.15) is 0 Å². The number of anilines is 1. The van der Waals surface area contributed by atoms with Gasteiger partial charge in [-0.05, 0) is 47.5 Å². The summed E-state index contributed by atoms with van der Waals surface area (Å²) in [6.45, 7) is 5.41. The van der Waals surface area contributed by atoms with Crippen LogP contribution in [0.4, 0.5) is 5.69 Å². The van der Waals surface area contributed by atoms with E-state index in [1.54, 1.807) is 13.0 Å². The highest BCUT2D eigenvalue weighted by molar-refractivity contribution is 9.10. The molecule has 0 aliphatic carbocycles. The summed E-state index contributed by atoms with van der Waals surface area (Å²) in [4.78, 5) is 0. The van der Waals surface area contributed by atoms with Crippen LogP contribution in [0.1, 0.15) is 19.4 Å². The van der Waals surface area contributed by atoms with Gasteiger partial charge in [0.1, 0.15) is 0 Å². The van der Waals surface area contributed by atoms with Crippen LogP contribution < -0.4 is 5.32 Å². The molecule has 0 saturated heterocycles. The summed E-state index contributed by atoms with van der Waals surface area (Å²) in [5, 5.41) is 3.82. The molecule has 1 aromatic rings. The highest BCUT2D eigenvalue weighted by Gasteiger charge is 2.15. The minimum absolute atomic E-state index is 0.113. The Morgan fingerprint density at radius 2 is 2.06 bits per heavy atom. The van der Waals surface area contributed by atoms with Crippen LogP contribution in [0, 0.1) is 6.92 Å². The molecular formula is C12H17BrClNO2S. The number of hydrogen-bond acceptors (Lipinski definition) is 3. The summed E-state index contributed by atoms with van der Waals surface area (Å²) in [7, 11) is -2.98. The summed E-state index contributed by atoms with van der Waals surface area (Å²) in [5.74, 6) is 0.274. The predicted molar refractivity (Wildman–Crippen MR) is 81.3 cm³/mol. The van der Waals surface area contributed by atoms with Gasteiger partial charge in [0.15, 0.2) is 9.84 Å². The van der Waals surface area contributed by atoms with Crippen LogP contribution in [-0.2, 0) is 9.84 Å². The second kappa shape index (κ2) is 6.26. The molecule has 0 radical (unpaired) electrons. The molecule has 6 heteroatoms. The first kappa shape index (κ1) is 15.8. The van der Waals surface area contributed by atoms with Crippen LogP contribution in [0.5, 0.6) is 0 Å². The largest absolute Gasteiger partial charge is 0.381 e. The number of aryl methyl sites for hydroxylation is 1. The number of sulfone groups is 1. The van der Waals surface area contributed by atoms with E-state index in [2.05, 4.69) is 21.2 Å². The number of benzene rings is 1. The monoisotopic (exact) mass is 353 g/mol. The quantitative estimate of drug-likeness (QED) is 0.878. The molecule has 1 atom stereocenters. The molecule has 3 nitrogen and oxygen atoms in total. The Balaban J connectivity index is 2.82. The zero-order chi connectivity index (χ0) is 13.9. The number of rotatable bonds is 5. The minimum Gasteiger partial charge on any atom is -0.381 e. The van der Waals surface area contributed by atoms with E-state index < -0.39 is 9.84 Å². The smallest absolute Gasteiger partial charge is 0.152 e. The van der Waals surface area contributed by atoms with Gasteiger partial charge in [0.05, 0.1) is 11.4 Å². The number of nitrogens with one attached hydrogen (secondary N) is 1. The van der Waals surface area contributed by atoms with Crippen molar-refractivity contribution in [2.24, 2.45) is 0 Å². The first-order valence-electron chi connectivity index (χ1n) is 5.67. The van der Waals surface area contributed by atoms with Gasteiger partial charge in [-0.1, -0.05) is 18.5 Å². The van der Waals surface area contributed by atoms with Gasteiger partial charge >= 0.3 is 0 Å². The molecule has 0 spiro atoms. The van der Waals surface area contributed by atoms with Crippen molar-refractivity contribution in [3.8, 4) is 0 Å². The van der Waals surface area contributed by atoms with Crippen LogP contribution in [-0.4, -0.2) is 26.0 Å². The Labute approximate surface area is 122 Å². The molecule has 0 amide bonds. The molecule has 1 rings (SSSR count). The normalized spacial score (nSPS) is 13.4. The fourth-order valence-electron chi connectivity index (χ4n) is 1.56. The van der Waals surface area contributed by atoms with Crippen molar-refractivity contribution in [3.05, 3.63) is 27.2 Å². The van der Waals surface area contributed by atoms with Gasteiger partial charge in [0.2, 0.25) is 0 Å². The third-order valence-corrected chi connectivity index (χ3v) is 5.54. The SMILES string of the molecule is CCS(=O)(=O)CC(C)Nc1cc(Cl)c(C)cc1Br. The Kier molecular flexibility index (Phi) is 5.49. The zero-order valence-electron chi connectivity index (χ0n) is 10.6. The lowest BCUT2D eigenvalue weighted by molar-refractivity contribution is 0.593. The van der Waals surface area contributed by atoms with Crippen LogP contribution in [0.15, 0.2) is 16.6 Å². The van der Waals surface area contributed by atoms with Crippen molar-refractivity contribution in [3.63, 3.8) is 0 Å². The van der Waals surface area contributed by atoms with E-state index in [1.807, 2.05) is 19.9 Å². The highest BCUT2D eigenvalue weighted by Crippen LogP contribution is 2.29. The van der Waals surface area contributed by atoms with Gasteiger partial charge in [0.25, 0.3) is 0 Å². The molecule has 0 bridgehead atoms. The molecule has 0 aliphatic rings. The van der Waals surface area contributed by atoms with E-state index in [1.165, 1.54) is 0 Å². The van der Waals surface area contributed by atoms with Crippen molar-refractivity contribution in [2.75, 3.05) is 16.8 Å². The van der Waals surface area contributed by atoms with Crippen molar-refractivity contribution in [1.82, 2.24) is 0 Å². The van der Waals surface area contributed by atoms with Crippen molar-refractivity contribution in [2.45, 2.75) is 26.8 Å². The molecule has 1 unspecified atom stereocenters. The van der Waals surface area contributed by atoms with Gasteiger partial charge < -0.3 is 5.32 Å². The summed E-state index contributed by atoms with van der Waals surface area (Å²) < 4.78 is 23.9. The molecule has 0 aliphatic heterocycles. The Hall–Kier alpha value is -0.260. The second-order valence-electron chi connectivity index (χ2n) is 4.33. The Morgan fingerprint density at radius 3 is 2.61 bits per heavy atom. The minimum atomic E-state index is -2.98. The maximum absolute atomic E-state index is 11.5. The first-order valence-corrected chi connectivity index (χ1v) is 8.67. The van der Waals surface area contributed by atoms with E-state index in [4.69, 9.17) is 11.6 Å². The van der Waals surface area contributed by atoms with Crippen LogP contribution in [0.2, 0.25) is 5.02 Å². The van der Waals surface area contributed by atoms with Gasteiger partial charge in [-0.3, -0.25) is 0 Å². The lowest BCUT2D eigenvalue weighted by Crippen LogP contribution is -2.26. The summed E-state index contributed by atoms with van der Waals surface area (Å²) in [6, 6.07) is 3.55. The van der Waals surface area contributed by atoms with Crippen LogP contribution >= 0.6 is 27.5 Å². The fraction of sp³-hybridized carbons (Fsp3) is 0.500. The Morgan fingerprint density at radius 1 is 1.44 bits per heavy atom. The van der Waals surface area contributed by atoms with Gasteiger partial charge in [0, 0.05) is 21.3 Å². The molecule has 0 heterocycles. The molecule has 1 N–H and O–H groups in total. The van der Waals surface area contributed by atoms with Crippen molar-refractivity contribution in [1.29, 1.82) is 0 Å². The molecule has 18 heavy (non-hydrogen) atoms. The summed E-state index contributed by atoms with van der Waals surface area (Å²) in [5.41, 5.74) is 1.78. The zero-order valence-corrected chi connectivity index (χ0v) is 13.8. The Bertz CT molecular complexity index is 531. The molecule has 0 saturated carbocycles. The predicted octanol–water partition coefficient (Wildman–Crippen LogP) is 3.65. The first-order chi connectivity index (χ1) is 8.25. The maximum atomic E-state index is 11.5. The fourth-order valence-corrected chi connectivity index (χ4v) is 3.38. The third kappa shape index (κ3) is 4.44. The highest BCUT2D eigenvalue weighted by atomic mass is 79.9. The van der Waals surface area contributed by atoms with E-state index >= 15 is 0 Å². The molecule has 0 aromatic heterocycles. The summed E-state index contributed by atoms with van der Waals surface area (Å²) >= 11 is 9.49. The van der Waals surface area contributed by atoms with Crippen molar-refractivity contribution >= 4 is 43.1 Å². The van der Waals surface area contributed by atoms with Crippen LogP contribution in [0.3, 0.4) is 0 Å². The molecule has 102 valence electrons. The third-order valence-electron chi connectivity index (χ3n) is 2.59. The lowest BCUT2D eigenvalue weighted by atomic mass is 10.2. The molecule has 0 fully saturated rings. The second-order valence-corrected chi connectivity index (χ2v) is 7.98. The lowest BCUT2D eigenvalue weighted by Gasteiger charge is -2.17. The van der Waals surface area contributed by atoms with E-state index in [0.717, 1.165) is 15.7 Å².